The molecule has 13 heavy (non-hydrogen) atoms. The average Bonchev–Trinajstić information content (AvgIpc) is 2.38. The molecule has 2 N–H and O–H groups in total. The quantitative estimate of drug-likeness (QED) is 0.697. The largest absolute Gasteiger partial charge is 0.486 e. The molecule has 1 aromatic carbocycles. The first-order chi connectivity index (χ1) is 6.40. The van der Waals surface area contributed by atoms with E-state index >= 15 is 0 Å². The standard InChI is InChI=1S/C10H13NO2/c11-5-9-7-12-6-8-3-1-2-4-10(8)13-9/h1-4,9H,5-7,11H2. The van der Waals surface area contributed by atoms with Gasteiger partial charge in [-0.25, -0.2) is 0 Å². The van der Waals surface area contributed by atoms with E-state index in [0.29, 0.717) is 19.8 Å². The molecule has 0 bridgehead atoms. The van der Waals surface area contributed by atoms with Crippen molar-refractivity contribution < 1.29 is 9.47 Å². The summed E-state index contributed by atoms with van der Waals surface area (Å²) in [6, 6.07) is 7.90. The molecule has 1 aliphatic heterocycles. The molecular formula is C10H13NO2. The summed E-state index contributed by atoms with van der Waals surface area (Å²) in [7, 11) is 0. The predicted octanol–water partition coefficient (Wildman–Crippen LogP) is 0.923. The number of hydrogen-bond acceptors (Lipinski definition) is 3. The van der Waals surface area contributed by atoms with Gasteiger partial charge in [0, 0.05) is 12.1 Å². The van der Waals surface area contributed by atoms with Crippen molar-refractivity contribution in [1.29, 1.82) is 0 Å². The molecule has 0 spiro atoms. The Morgan fingerprint density at radius 1 is 1.38 bits per heavy atom. The molecule has 2 rings (SSSR count). The minimum atomic E-state index is -0.0105. The van der Waals surface area contributed by atoms with Crippen LogP contribution in [-0.2, 0) is 11.3 Å². The highest BCUT2D eigenvalue weighted by atomic mass is 16.5. The monoisotopic (exact) mass is 179 g/mol. The van der Waals surface area contributed by atoms with Crippen LogP contribution in [0.1, 0.15) is 5.56 Å². The first-order valence-electron chi connectivity index (χ1n) is 4.42. The number of hydrogen-bond donors (Lipinski definition) is 1. The fourth-order valence-corrected chi connectivity index (χ4v) is 1.37. The van der Waals surface area contributed by atoms with Crippen LogP contribution in [0.15, 0.2) is 24.3 Å². The minimum absolute atomic E-state index is 0.0105. The highest BCUT2D eigenvalue weighted by Gasteiger charge is 2.15. The van der Waals surface area contributed by atoms with Crippen molar-refractivity contribution >= 4 is 0 Å². The third-order valence-electron chi connectivity index (χ3n) is 2.09. The van der Waals surface area contributed by atoms with Gasteiger partial charge in [0.15, 0.2) is 0 Å². The van der Waals surface area contributed by atoms with Crippen LogP contribution in [0.5, 0.6) is 5.75 Å². The molecule has 0 amide bonds. The lowest BCUT2D eigenvalue weighted by atomic mass is 10.2. The Morgan fingerprint density at radius 2 is 2.23 bits per heavy atom. The van der Waals surface area contributed by atoms with Gasteiger partial charge < -0.3 is 15.2 Å². The lowest BCUT2D eigenvalue weighted by Gasteiger charge is -2.13. The molecule has 1 heterocycles. The van der Waals surface area contributed by atoms with E-state index in [1.807, 2.05) is 24.3 Å². The van der Waals surface area contributed by atoms with Crippen LogP contribution in [0.25, 0.3) is 0 Å². The second-order valence-corrected chi connectivity index (χ2v) is 3.10. The molecule has 0 aromatic heterocycles. The van der Waals surface area contributed by atoms with E-state index in [4.69, 9.17) is 15.2 Å². The van der Waals surface area contributed by atoms with Crippen LogP contribution in [-0.4, -0.2) is 19.3 Å². The van der Waals surface area contributed by atoms with Gasteiger partial charge >= 0.3 is 0 Å². The Morgan fingerprint density at radius 3 is 3.08 bits per heavy atom. The fourth-order valence-electron chi connectivity index (χ4n) is 1.37. The van der Waals surface area contributed by atoms with Gasteiger partial charge in [0.1, 0.15) is 11.9 Å². The van der Waals surface area contributed by atoms with Crippen LogP contribution in [0.2, 0.25) is 0 Å². The van der Waals surface area contributed by atoms with E-state index < -0.39 is 0 Å². The number of benzene rings is 1. The molecular weight excluding hydrogens is 166 g/mol. The fraction of sp³-hybridized carbons (Fsp3) is 0.400. The van der Waals surface area contributed by atoms with Crippen molar-refractivity contribution in [3.8, 4) is 5.75 Å². The van der Waals surface area contributed by atoms with Crippen LogP contribution in [0, 0.1) is 0 Å². The maximum atomic E-state index is 5.66. The number of nitrogens with two attached hydrogens (primary N) is 1. The van der Waals surface area contributed by atoms with Gasteiger partial charge in [-0.1, -0.05) is 18.2 Å². The zero-order valence-electron chi connectivity index (χ0n) is 7.40. The van der Waals surface area contributed by atoms with E-state index in [1.165, 1.54) is 0 Å². The van der Waals surface area contributed by atoms with Crippen molar-refractivity contribution in [2.75, 3.05) is 13.2 Å². The van der Waals surface area contributed by atoms with Crippen molar-refractivity contribution in [2.24, 2.45) is 5.73 Å². The summed E-state index contributed by atoms with van der Waals surface area (Å²) >= 11 is 0. The number of fused-ring (bicyclic) bond motifs is 1. The van der Waals surface area contributed by atoms with Crippen molar-refractivity contribution in [3.05, 3.63) is 29.8 Å². The Bertz CT molecular complexity index is 288. The van der Waals surface area contributed by atoms with Crippen LogP contribution in [0.3, 0.4) is 0 Å². The summed E-state index contributed by atoms with van der Waals surface area (Å²) in [5.41, 5.74) is 6.62. The molecule has 0 saturated carbocycles. The van der Waals surface area contributed by atoms with Crippen molar-refractivity contribution in [1.82, 2.24) is 0 Å². The zero-order chi connectivity index (χ0) is 9.10. The Hall–Kier alpha value is -1.06. The topological polar surface area (TPSA) is 44.5 Å². The second-order valence-electron chi connectivity index (χ2n) is 3.10. The third-order valence-corrected chi connectivity index (χ3v) is 2.09. The van der Waals surface area contributed by atoms with Crippen LogP contribution >= 0.6 is 0 Å². The molecule has 3 nitrogen and oxygen atoms in total. The van der Waals surface area contributed by atoms with Gasteiger partial charge in [0.2, 0.25) is 0 Å². The highest BCUT2D eigenvalue weighted by Crippen LogP contribution is 2.22. The van der Waals surface area contributed by atoms with Crippen molar-refractivity contribution in [3.63, 3.8) is 0 Å². The second kappa shape index (κ2) is 3.77. The highest BCUT2D eigenvalue weighted by molar-refractivity contribution is 5.33. The Kier molecular flexibility index (Phi) is 2.47. The number of ether oxygens (including phenoxy) is 2. The summed E-state index contributed by atoms with van der Waals surface area (Å²) in [4.78, 5) is 0. The van der Waals surface area contributed by atoms with Gasteiger partial charge in [-0.3, -0.25) is 0 Å². The molecule has 1 aromatic rings. The van der Waals surface area contributed by atoms with E-state index in [9.17, 15) is 0 Å². The van der Waals surface area contributed by atoms with Crippen LogP contribution < -0.4 is 10.5 Å². The maximum Gasteiger partial charge on any atom is 0.134 e. The number of para-hydroxylation sites is 1. The molecule has 1 aliphatic rings. The minimum Gasteiger partial charge on any atom is -0.486 e. The van der Waals surface area contributed by atoms with E-state index in [1.54, 1.807) is 0 Å². The van der Waals surface area contributed by atoms with E-state index in [-0.39, 0.29) is 6.10 Å². The Labute approximate surface area is 77.5 Å². The summed E-state index contributed by atoms with van der Waals surface area (Å²) in [5.74, 6) is 0.899. The van der Waals surface area contributed by atoms with Gasteiger partial charge in [-0.15, -0.1) is 0 Å². The summed E-state index contributed by atoms with van der Waals surface area (Å²) in [6.07, 6.45) is -0.0105. The summed E-state index contributed by atoms with van der Waals surface area (Å²) < 4.78 is 11.1. The van der Waals surface area contributed by atoms with Gasteiger partial charge in [-0.2, -0.15) is 0 Å². The smallest absolute Gasteiger partial charge is 0.134 e. The molecule has 0 fully saturated rings. The average molecular weight is 179 g/mol. The first kappa shape index (κ1) is 8.53. The van der Waals surface area contributed by atoms with Crippen LogP contribution in [0.4, 0.5) is 0 Å². The lowest BCUT2D eigenvalue weighted by Crippen LogP contribution is -2.30. The Balaban J connectivity index is 2.23. The third kappa shape index (κ3) is 1.82. The summed E-state index contributed by atoms with van der Waals surface area (Å²) in [5, 5.41) is 0. The normalized spacial score (nSPS) is 21.5. The molecule has 0 saturated heterocycles. The number of rotatable bonds is 1. The first-order valence-corrected chi connectivity index (χ1v) is 4.42. The summed E-state index contributed by atoms with van der Waals surface area (Å²) in [6.45, 7) is 1.69. The SMILES string of the molecule is NCC1COCc2ccccc2O1. The van der Waals surface area contributed by atoms with Gasteiger partial charge in [-0.05, 0) is 6.07 Å². The van der Waals surface area contributed by atoms with E-state index in [0.717, 1.165) is 11.3 Å². The predicted molar refractivity (Wildman–Crippen MR) is 49.6 cm³/mol. The van der Waals surface area contributed by atoms with E-state index in [2.05, 4.69) is 0 Å². The lowest BCUT2D eigenvalue weighted by molar-refractivity contribution is 0.0639. The molecule has 1 unspecified atom stereocenters. The van der Waals surface area contributed by atoms with Gasteiger partial charge in [0.05, 0.1) is 13.2 Å². The van der Waals surface area contributed by atoms with Crippen molar-refractivity contribution in [2.45, 2.75) is 12.7 Å². The molecule has 70 valence electrons. The molecule has 0 radical (unpaired) electrons. The zero-order valence-corrected chi connectivity index (χ0v) is 7.40. The molecule has 0 aliphatic carbocycles. The maximum absolute atomic E-state index is 5.66. The molecule has 3 heteroatoms. The molecule has 1 atom stereocenters. The van der Waals surface area contributed by atoms with Gasteiger partial charge in [0.25, 0.3) is 0 Å².